The number of carboxylic acid groups (broad SMARTS) is 1. The van der Waals surface area contributed by atoms with Gasteiger partial charge in [-0.1, -0.05) is 35.3 Å². The number of benzene rings is 3. The molecule has 0 atom stereocenters. The molecule has 42 heavy (non-hydrogen) atoms. The molecular formula is C30H27Cl2FN4O5. The van der Waals surface area contributed by atoms with E-state index in [2.05, 4.69) is 5.32 Å². The van der Waals surface area contributed by atoms with Crippen molar-refractivity contribution in [3.8, 4) is 16.9 Å². The van der Waals surface area contributed by atoms with E-state index in [1.807, 2.05) is 4.90 Å². The summed E-state index contributed by atoms with van der Waals surface area (Å²) in [6, 6.07) is 10.6. The molecule has 1 amide bonds. The number of fused-ring (bicyclic) bond motifs is 1. The van der Waals surface area contributed by atoms with Crippen LogP contribution < -0.4 is 15.0 Å². The summed E-state index contributed by atoms with van der Waals surface area (Å²) in [5, 5.41) is 20.5. The number of amides is 1. The highest BCUT2D eigenvalue weighted by Crippen LogP contribution is 2.41. The van der Waals surface area contributed by atoms with Gasteiger partial charge in [-0.25, -0.2) is 9.18 Å². The Labute approximate surface area is 251 Å². The topological polar surface area (TPSA) is 115 Å². The summed E-state index contributed by atoms with van der Waals surface area (Å²) in [7, 11) is 1.70. The van der Waals surface area contributed by atoms with Gasteiger partial charge in [-0.05, 0) is 41.5 Å². The monoisotopic (exact) mass is 612 g/mol. The number of nitrogens with zero attached hydrogens (tertiary/aromatic N) is 2. The average molecular weight is 613 g/mol. The average Bonchev–Trinajstić information content (AvgIpc) is 2.99. The third-order valence-corrected chi connectivity index (χ3v) is 7.71. The van der Waals surface area contributed by atoms with Crippen LogP contribution in [0, 0.1) is 11.2 Å². The second-order valence-corrected chi connectivity index (χ2v) is 10.5. The molecule has 12 heteroatoms. The van der Waals surface area contributed by atoms with Crippen molar-refractivity contribution in [1.29, 1.82) is 5.41 Å². The summed E-state index contributed by atoms with van der Waals surface area (Å²) in [4.78, 5) is 28.8. The van der Waals surface area contributed by atoms with E-state index in [-0.39, 0.29) is 45.8 Å². The fourth-order valence-electron chi connectivity index (χ4n) is 5.08. The number of halogens is 3. The summed E-state index contributed by atoms with van der Waals surface area (Å²) in [5.41, 5.74) is 2.96. The fourth-order valence-corrected chi connectivity index (χ4v) is 5.73. The van der Waals surface area contributed by atoms with Crippen LogP contribution in [0.5, 0.6) is 5.75 Å². The number of hydrogen-bond donors (Lipinski definition) is 3. The maximum atomic E-state index is 15.3. The largest absolute Gasteiger partial charge is 0.478 e. The molecule has 3 N–H and O–H groups in total. The first kappa shape index (κ1) is 29.4. The number of ether oxygens (including phenoxy) is 2. The van der Waals surface area contributed by atoms with Gasteiger partial charge in [0.25, 0.3) is 5.91 Å². The van der Waals surface area contributed by atoms with E-state index in [0.717, 1.165) is 6.21 Å². The Kier molecular flexibility index (Phi) is 8.67. The van der Waals surface area contributed by atoms with Crippen molar-refractivity contribution in [3.05, 3.63) is 86.8 Å². The molecule has 3 aromatic carbocycles. The van der Waals surface area contributed by atoms with Crippen LogP contribution in [0.4, 0.5) is 10.1 Å². The lowest BCUT2D eigenvalue weighted by Crippen LogP contribution is -2.38. The Morgan fingerprint density at radius 1 is 1.10 bits per heavy atom. The maximum absolute atomic E-state index is 15.3. The van der Waals surface area contributed by atoms with Crippen LogP contribution in [0.1, 0.15) is 31.8 Å². The lowest BCUT2D eigenvalue weighted by atomic mass is 9.97. The number of carbonyl (C=O) groups is 2. The second-order valence-electron chi connectivity index (χ2n) is 9.67. The van der Waals surface area contributed by atoms with Crippen molar-refractivity contribution in [2.24, 2.45) is 0 Å². The third-order valence-electron chi connectivity index (χ3n) is 7.11. The molecule has 0 aliphatic carbocycles. The van der Waals surface area contributed by atoms with Crippen molar-refractivity contribution in [2.75, 3.05) is 45.0 Å². The molecule has 0 aromatic heterocycles. The van der Waals surface area contributed by atoms with E-state index in [9.17, 15) is 14.7 Å². The molecule has 0 radical (unpaired) electrons. The first-order valence-corrected chi connectivity index (χ1v) is 13.8. The molecular weight excluding hydrogens is 586 g/mol. The highest BCUT2D eigenvalue weighted by molar-refractivity contribution is 6.40. The van der Waals surface area contributed by atoms with Gasteiger partial charge in [0, 0.05) is 43.7 Å². The van der Waals surface area contributed by atoms with Gasteiger partial charge in [0.05, 0.1) is 52.2 Å². The fraction of sp³-hybridized carbons (Fsp3) is 0.233. The van der Waals surface area contributed by atoms with Gasteiger partial charge in [0.15, 0.2) is 6.73 Å². The van der Waals surface area contributed by atoms with E-state index in [1.54, 1.807) is 43.6 Å². The molecule has 1 fully saturated rings. The molecule has 0 unspecified atom stereocenters. The van der Waals surface area contributed by atoms with Crippen LogP contribution >= 0.6 is 23.2 Å². The van der Waals surface area contributed by atoms with Gasteiger partial charge in [0.2, 0.25) is 0 Å². The quantitative estimate of drug-likeness (QED) is 0.300. The van der Waals surface area contributed by atoms with Gasteiger partial charge >= 0.3 is 5.97 Å². The standard InChI is InChI=1S/C30H27Cl2FN4O5/c1-35-14-20(13-34)19-10-22(31)27(23(32)11-19)29(38)37-15-18-3-5-24(33)26(28(18)42-16-37)17-2-4-21(30(39)40)25(12-17)36-6-8-41-9-7-36/h2-5,10-14,34-35H,6-9,15-16H2,1H3,(H,39,40)/b20-14+,34-13?. The smallest absolute Gasteiger partial charge is 0.337 e. The third kappa shape index (κ3) is 5.65. The van der Waals surface area contributed by atoms with Crippen LogP contribution in [-0.2, 0) is 11.3 Å². The van der Waals surface area contributed by atoms with E-state index in [0.29, 0.717) is 54.3 Å². The number of carboxylic acids is 1. The number of morpholine rings is 1. The summed E-state index contributed by atoms with van der Waals surface area (Å²) in [6.45, 7) is 1.84. The number of carbonyl (C=O) groups excluding carboxylic acids is 1. The van der Waals surface area contributed by atoms with Crippen molar-refractivity contribution in [1.82, 2.24) is 10.2 Å². The highest BCUT2D eigenvalue weighted by Gasteiger charge is 2.30. The number of anilines is 1. The lowest BCUT2D eigenvalue weighted by molar-refractivity contribution is 0.0515. The number of hydrogen-bond acceptors (Lipinski definition) is 7. The Bertz CT molecular complexity index is 1580. The Balaban J connectivity index is 1.47. The summed E-state index contributed by atoms with van der Waals surface area (Å²) in [5.74, 6) is -1.82. The molecule has 0 spiro atoms. The zero-order chi connectivity index (χ0) is 30.0. The maximum Gasteiger partial charge on any atom is 0.337 e. The first-order chi connectivity index (χ1) is 20.2. The van der Waals surface area contributed by atoms with Crippen LogP contribution in [0.15, 0.2) is 48.7 Å². The lowest BCUT2D eigenvalue weighted by Gasteiger charge is -2.32. The summed E-state index contributed by atoms with van der Waals surface area (Å²) >= 11 is 13.0. The number of aromatic carboxylic acids is 1. The van der Waals surface area contributed by atoms with Crippen molar-refractivity contribution >= 4 is 52.6 Å². The van der Waals surface area contributed by atoms with Gasteiger partial charge in [-0.2, -0.15) is 0 Å². The molecule has 1 saturated heterocycles. The van der Waals surface area contributed by atoms with E-state index < -0.39 is 17.7 Å². The van der Waals surface area contributed by atoms with E-state index in [4.69, 9.17) is 38.1 Å². The van der Waals surface area contributed by atoms with Gasteiger partial charge in [-0.15, -0.1) is 0 Å². The van der Waals surface area contributed by atoms with Crippen molar-refractivity contribution in [2.45, 2.75) is 6.54 Å². The molecule has 5 rings (SSSR count). The second kappa shape index (κ2) is 12.4. The van der Waals surface area contributed by atoms with Gasteiger partial charge < -0.3 is 35.1 Å². The molecule has 3 aromatic rings. The molecule has 9 nitrogen and oxygen atoms in total. The van der Waals surface area contributed by atoms with Crippen LogP contribution in [0.25, 0.3) is 16.7 Å². The molecule has 2 aliphatic rings. The summed E-state index contributed by atoms with van der Waals surface area (Å²) in [6.07, 6.45) is 2.76. The zero-order valence-corrected chi connectivity index (χ0v) is 24.1. The van der Waals surface area contributed by atoms with Crippen LogP contribution in [-0.4, -0.2) is 68.2 Å². The first-order valence-electron chi connectivity index (χ1n) is 13.0. The normalized spacial score (nSPS) is 15.1. The van der Waals surface area contributed by atoms with Gasteiger partial charge in [-0.3, -0.25) is 4.79 Å². The summed E-state index contributed by atoms with van der Waals surface area (Å²) < 4.78 is 26.7. The number of allylic oxidation sites excluding steroid dienone is 1. The van der Waals surface area contributed by atoms with Crippen molar-refractivity contribution < 1.29 is 28.6 Å². The zero-order valence-electron chi connectivity index (χ0n) is 22.5. The Hall–Kier alpha value is -4.12. The minimum Gasteiger partial charge on any atom is -0.478 e. The molecule has 0 bridgehead atoms. The predicted molar refractivity (Wildman–Crippen MR) is 159 cm³/mol. The molecule has 218 valence electrons. The predicted octanol–water partition coefficient (Wildman–Crippen LogP) is 5.54. The number of nitrogens with one attached hydrogen (secondary N) is 2. The molecule has 2 aliphatic heterocycles. The van der Waals surface area contributed by atoms with Crippen molar-refractivity contribution in [3.63, 3.8) is 0 Å². The van der Waals surface area contributed by atoms with E-state index in [1.165, 1.54) is 17.0 Å². The highest BCUT2D eigenvalue weighted by atomic mass is 35.5. The Morgan fingerprint density at radius 2 is 1.81 bits per heavy atom. The van der Waals surface area contributed by atoms with Crippen LogP contribution in [0.2, 0.25) is 10.0 Å². The van der Waals surface area contributed by atoms with Gasteiger partial charge in [0.1, 0.15) is 11.6 Å². The SMILES string of the molecule is CN/C=C(\C=N)c1cc(Cl)c(C(=O)N2COc3c(ccc(F)c3-c3ccc(C(=O)O)c(N4CCOCC4)c3)C2)c(Cl)c1. The van der Waals surface area contributed by atoms with E-state index >= 15 is 4.39 Å². The van der Waals surface area contributed by atoms with Crippen LogP contribution in [0.3, 0.4) is 0 Å². The minimum absolute atomic E-state index is 0.0877. The molecule has 2 heterocycles. The Morgan fingerprint density at radius 3 is 2.45 bits per heavy atom. The molecule has 0 saturated carbocycles. The minimum atomic E-state index is -1.08. The number of rotatable bonds is 7.